The molecule has 0 radical (unpaired) electrons. The molecule has 244 valence electrons. The Hall–Kier alpha value is -4.80. The van der Waals surface area contributed by atoms with Crippen molar-refractivity contribution in [2.75, 3.05) is 49.2 Å². The maximum absolute atomic E-state index is 14.5. The van der Waals surface area contributed by atoms with E-state index < -0.39 is 39.7 Å². The number of hydrogen-bond donors (Lipinski definition) is 1. The zero-order valence-electron chi connectivity index (χ0n) is 24.8. The van der Waals surface area contributed by atoms with Gasteiger partial charge in [-0.05, 0) is 76.3 Å². The summed E-state index contributed by atoms with van der Waals surface area (Å²) in [5.41, 5.74) is 5.58. The van der Waals surface area contributed by atoms with Gasteiger partial charge in [0.2, 0.25) is 0 Å². The molecule has 0 bridgehead atoms. The molecule has 2 N–H and O–H groups in total. The van der Waals surface area contributed by atoms with Gasteiger partial charge >= 0.3 is 23.6 Å². The Kier molecular flexibility index (Phi) is 12.2. The van der Waals surface area contributed by atoms with Crippen molar-refractivity contribution in [2.45, 2.75) is 51.0 Å². The van der Waals surface area contributed by atoms with Gasteiger partial charge < -0.3 is 45.2 Å². The number of halogens is 2. The number of esters is 2. The lowest BCUT2D eigenvalue weighted by Gasteiger charge is -2.41. The third-order valence-electron chi connectivity index (χ3n) is 7.23. The molecule has 3 unspecified atom stereocenters. The van der Waals surface area contributed by atoms with E-state index in [1.807, 2.05) is 0 Å². The summed E-state index contributed by atoms with van der Waals surface area (Å²) in [4.78, 5) is 54.3. The highest BCUT2D eigenvalue weighted by Gasteiger charge is 2.43. The van der Waals surface area contributed by atoms with Crippen LogP contribution in [0.3, 0.4) is 0 Å². The number of hydrogen-bond acceptors (Lipinski definition) is 13. The van der Waals surface area contributed by atoms with E-state index in [-0.39, 0.29) is 62.2 Å². The van der Waals surface area contributed by atoms with Crippen LogP contribution in [0.4, 0.5) is 31.8 Å². The molecule has 2 aliphatic heterocycles. The topological polar surface area (TPSA) is 197 Å². The van der Waals surface area contributed by atoms with Crippen molar-refractivity contribution in [1.82, 2.24) is 9.97 Å². The highest BCUT2D eigenvalue weighted by Crippen LogP contribution is 2.33. The van der Waals surface area contributed by atoms with Crippen molar-refractivity contribution in [1.29, 1.82) is 0 Å². The van der Waals surface area contributed by atoms with Gasteiger partial charge in [0, 0.05) is 19.2 Å². The summed E-state index contributed by atoms with van der Waals surface area (Å²) in [5.74, 6) is -1.73. The molecule has 45 heavy (non-hydrogen) atoms. The van der Waals surface area contributed by atoms with Gasteiger partial charge in [0.05, 0.1) is 38.3 Å². The second-order valence-corrected chi connectivity index (χ2v) is 10.2. The Morgan fingerprint density at radius 3 is 2.04 bits per heavy atom. The Morgan fingerprint density at radius 2 is 1.56 bits per heavy atom. The van der Waals surface area contributed by atoms with Crippen LogP contribution < -0.4 is 15.5 Å². The first-order valence-corrected chi connectivity index (χ1v) is 14.2. The van der Waals surface area contributed by atoms with Crippen LogP contribution in [0.25, 0.3) is 0 Å². The van der Waals surface area contributed by atoms with Gasteiger partial charge in [-0.25, -0.2) is 13.6 Å². The van der Waals surface area contributed by atoms with E-state index in [9.17, 15) is 38.6 Å². The Morgan fingerprint density at radius 1 is 1.00 bits per heavy atom. The Balaban J connectivity index is 0.000000246. The molecule has 2 aliphatic rings. The van der Waals surface area contributed by atoms with Crippen LogP contribution in [-0.4, -0.2) is 89.0 Å². The third kappa shape index (κ3) is 9.10. The Bertz CT molecular complexity index is 1410. The van der Waals surface area contributed by atoms with Crippen molar-refractivity contribution >= 4 is 34.9 Å². The second-order valence-electron chi connectivity index (χ2n) is 10.2. The molecular weight excluding hydrogens is 600 g/mol. The number of piperidine rings is 2. The molecule has 2 aromatic rings. The fourth-order valence-corrected chi connectivity index (χ4v) is 4.96. The predicted octanol–water partition coefficient (Wildman–Crippen LogP) is 3.22. The van der Waals surface area contributed by atoms with E-state index in [4.69, 9.17) is 15.2 Å². The quantitative estimate of drug-likeness (QED) is 0.183. The number of nitro groups is 2. The molecule has 2 fully saturated rings. The van der Waals surface area contributed by atoms with Crippen molar-refractivity contribution in [3.05, 3.63) is 68.5 Å². The average Bonchev–Trinajstić information content (AvgIpc) is 3.00. The summed E-state index contributed by atoms with van der Waals surface area (Å²) in [6.07, 6.45) is 1.18. The minimum absolute atomic E-state index is 0.0578. The number of pyridine rings is 2. The van der Waals surface area contributed by atoms with Gasteiger partial charge in [0.1, 0.15) is 36.1 Å². The number of carbonyl (C=O) groups is 2. The molecule has 17 heteroatoms. The Labute approximate surface area is 257 Å². The van der Waals surface area contributed by atoms with Gasteiger partial charge in [0.25, 0.3) is 0 Å². The molecule has 3 atom stereocenters. The zero-order chi connectivity index (χ0) is 33.1. The first-order valence-electron chi connectivity index (χ1n) is 14.2. The van der Waals surface area contributed by atoms with Crippen molar-refractivity contribution in [3.63, 3.8) is 0 Å². The molecule has 0 aliphatic carbocycles. The van der Waals surface area contributed by atoms with Gasteiger partial charge in [-0.2, -0.15) is 0 Å². The molecule has 15 nitrogen and oxygen atoms in total. The highest BCUT2D eigenvalue weighted by molar-refractivity contribution is 5.83. The van der Waals surface area contributed by atoms with Crippen LogP contribution in [0.15, 0.2) is 48.3 Å². The van der Waals surface area contributed by atoms with E-state index in [1.54, 1.807) is 30.9 Å². The highest BCUT2D eigenvalue weighted by atomic mass is 19.1. The SMILES string of the molecule is CCOC(=O)/C=C1/CCN(c2cccnc2[N+](=O)[O-])CC1F.CCOC(=O)CC1(N)CCN(c2cccnc2[N+](=O)[O-])CC1F. The summed E-state index contributed by atoms with van der Waals surface area (Å²) in [7, 11) is 0. The number of nitrogens with two attached hydrogens (primary N) is 1. The lowest BCUT2D eigenvalue weighted by molar-refractivity contribution is -0.388. The number of aromatic nitrogens is 2. The number of alkyl halides is 2. The number of rotatable bonds is 9. The molecule has 2 saturated heterocycles. The van der Waals surface area contributed by atoms with E-state index in [1.165, 1.54) is 35.5 Å². The lowest BCUT2D eigenvalue weighted by atomic mass is 9.83. The van der Waals surface area contributed by atoms with E-state index in [0.717, 1.165) is 0 Å². The smallest absolute Gasteiger partial charge is 0.387 e. The van der Waals surface area contributed by atoms with Crippen LogP contribution in [0, 0.1) is 20.2 Å². The summed E-state index contributed by atoms with van der Waals surface area (Å²) in [6.45, 7) is 4.25. The van der Waals surface area contributed by atoms with Crippen LogP contribution in [-0.2, 0) is 19.1 Å². The lowest BCUT2D eigenvalue weighted by Crippen LogP contribution is -2.60. The predicted molar refractivity (Wildman–Crippen MR) is 158 cm³/mol. The summed E-state index contributed by atoms with van der Waals surface area (Å²) < 4.78 is 38.3. The molecule has 4 heterocycles. The first kappa shape index (κ1) is 34.7. The number of carbonyl (C=O) groups excluding carboxylic acids is 2. The average molecular weight is 636 g/mol. The van der Waals surface area contributed by atoms with Gasteiger partial charge in [-0.1, -0.05) is 0 Å². The fraction of sp³-hybridized carbons (Fsp3) is 0.500. The zero-order valence-corrected chi connectivity index (χ0v) is 24.8. The summed E-state index contributed by atoms with van der Waals surface area (Å²) in [6, 6.07) is 6.18. The monoisotopic (exact) mass is 635 g/mol. The van der Waals surface area contributed by atoms with Gasteiger partial charge in [-0.3, -0.25) is 4.79 Å². The first-order chi connectivity index (χ1) is 21.4. The van der Waals surface area contributed by atoms with Crippen molar-refractivity contribution < 1.29 is 37.7 Å². The van der Waals surface area contributed by atoms with Crippen LogP contribution in [0.2, 0.25) is 0 Å². The molecule has 0 saturated carbocycles. The van der Waals surface area contributed by atoms with E-state index in [2.05, 4.69) is 9.97 Å². The number of nitrogens with zero attached hydrogens (tertiary/aromatic N) is 6. The van der Waals surface area contributed by atoms with Gasteiger partial charge in [-0.15, -0.1) is 0 Å². The molecule has 0 amide bonds. The van der Waals surface area contributed by atoms with Crippen molar-refractivity contribution in [2.24, 2.45) is 5.73 Å². The summed E-state index contributed by atoms with van der Waals surface area (Å²) >= 11 is 0. The second kappa shape index (κ2) is 15.8. The largest absolute Gasteiger partial charge is 0.466 e. The van der Waals surface area contributed by atoms with E-state index >= 15 is 0 Å². The molecule has 4 rings (SSSR count). The van der Waals surface area contributed by atoms with Crippen LogP contribution >= 0.6 is 0 Å². The molecule has 0 aromatic carbocycles. The summed E-state index contributed by atoms with van der Waals surface area (Å²) in [5, 5.41) is 22.0. The standard InChI is InChI=1S/C14H19FN4O4.C14H16FN3O4/c1-2-23-12(20)8-14(16)5-7-18(9-11(14)15)10-4-3-6-17-13(10)19(21)22;1-2-22-13(19)8-10-5-7-17(9-11(10)15)12-4-3-6-16-14(12)18(20)21/h3-4,6,11H,2,5,7-9,16H2,1H3;3-4,6,8,11H,2,5,7,9H2,1H3/b;10-8-. The maximum atomic E-state index is 14.5. The van der Waals surface area contributed by atoms with Crippen LogP contribution in [0.5, 0.6) is 0 Å². The third-order valence-corrected chi connectivity index (χ3v) is 7.23. The fourth-order valence-electron chi connectivity index (χ4n) is 4.96. The number of ether oxygens (including phenoxy) is 2. The van der Waals surface area contributed by atoms with Crippen molar-refractivity contribution in [3.8, 4) is 0 Å². The minimum Gasteiger partial charge on any atom is -0.466 e. The normalized spacial score (nSPS) is 22.2. The van der Waals surface area contributed by atoms with Gasteiger partial charge in [0.15, 0.2) is 0 Å². The maximum Gasteiger partial charge on any atom is 0.387 e. The van der Waals surface area contributed by atoms with E-state index in [0.29, 0.717) is 25.1 Å². The minimum atomic E-state index is -1.51. The van der Waals surface area contributed by atoms with Crippen LogP contribution in [0.1, 0.15) is 33.1 Å². The molecule has 2 aromatic heterocycles. The molecule has 0 spiro atoms. The molecular formula is C28H35F2N7O8. The number of anilines is 2.